The maximum absolute atomic E-state index is 13.1. The van der Waals surface area contributed by atoms with E-state index in [-0.39, 0.29) is 34.0 Å². The predicted molar refractivity (Wildman–Crippen MR) is 149 cm³/mol. The molecule has 2 fully saturated rings. The molecule has 3 unspecified atom stereocenters. The number of hydrogen-bond acceptors (Lipinski definition) is 21. The highest BCUT2D eigenvalue weighted by atomic mass is 31.2. The van der Waals surface area contributed by atoms with Gasteiger partial charge < -0.3 is 63.8 Å². The molecule has 6 rings (SSSR count). The van der Waals surface area contributed by atoms with Crippen molar-refractivity contribution in [2.45, 2.75) is 49.1 Å². The minimum absolute atomic E-state index is 0.0215. The summed E-state index contributed by atoms with van der Waals surface area (Å²) in [5.74, 6) is 0.116. The number of phosphoric acid groups is 2. The van der Waals surface area contributed by atoms with Crippen molar-refractivity contribution in [1.82, 2.24) is 39.0 Å². The predicted octanol–water partition coefficient (Wildman–Crippen LogP) is -2.64. The molecular formula is C22H28N10O13P2-2. The van der Waals surface area contributed by atoms with Crippen molar-refractivity contribution in [2.75, 3.05) is 38.9 Å². The van der Waals surface area contributed by atoms with Crippen LogP contribution in [0.2, 0.25) is 0 Å². The largest absolute Gasteiger partial charge is 0.756 e. The number of hydrogen-bond donors (Lipinski definition) is 4. The molecule has 23 nitrogen and oxygen atoms in total. The normalized spacial score (nSPS) is 30.6. The summed E-state index contributed by atoms with van der Waals surface area (Å²) in [7, 11) is -8.03. The summed E-state index contributed by atoms with van der Waals surface area (Å²) in [6.07, 6.45) is -6.36. The highest BCUT2D eigenvalue weighted by Gasteiger charge is 2.49. The topological polar surface area (TPSA) is 325 Å². The van der Waals surface area contributed by atoms with Gasteiger partial charge in [0, 0.05) is 14.2 Å². The first-order valence-corrected chi connectivity index (χ1v) is 16.5. The monoisotopic (exact) mass is 702 g/mol. The van der Waals surface area contributed by atoms with Crippen molar-refractivity contribution in [1.29, 1.82) is 0 Å². The van der Waals surface area contributed by atoms with Crippen LogP contribution < -0.4 is 21.3 Å². The van der Waals surface area contributed by atoms with Gasteiger partial charge in [0.15, 0.2) is 35.4 Å². The zero-order chi connectivity index (χ0) is 33.7. The number of nitrogen functional groups attached to an aromatic ring is 2. The molecule has 4 aromatic heterocycles. The van der Waals surface area contributed by atoms with Gasteiger partial charge in [-0.1, -0.05) is 0 Å². The van der Waals surface area contributed by atoms with Gasteiger partial charge in [-0.25, -0.2) is 29.9 Å². The first-order valence-electron chi connectivity index (χ1n) is 13.5. The van der Waals surface area contributed by atoms with Gasteiger partial charge in [0.1, 0.15) is 60.3 Å². The van der Waals surface area contributed by atoms with Gasteiger partial charge in [0.25, 0.3) is 15.6 Å². The molecule has 256 valence electrons. The van der Waals surface area contributed by atoms with Gasteiger partial charge in [0.2, 0.25) is 0 Å². The van der Waals surface area contributed by atoms with Crippen LogP contribution in [0.3, 0.4) is 0 Å². The molecule has 0 spiro atoms. The molecular weight excluding hydrogens is 674 g/mol. The van der Waals surface area contributed by atoms with E-state index in [1.165, 1.54) is 35.2 Å². The zero-order valence-corrected chi connectivity index (χ0v) is 26.1. The molecule has 10 atom stereocenters. The minimum atomic E-state index is -5.35. The number of aliphatic hydroxyl groups is 2. The number of nitrogens with zero attached hydrogens (tertiary/aromatic N) is 8. The number of imidazole rings is 2. The number of aliphatic hydroxyl groups excluding tert-OH is 2. The molecule has 0 aromatic carbocycles. The smallest absolute Gasteiger partial charge is 0.268 e. The fourth-order valence-corrected chi connectivity index (χ4v) is 6.65. The van der Waals surface area contributed by atoms with Crippen LogP contribution in [-0.4, -0.2) is 113 Å². The van der Waals surface area contributed by atoms with Crippen molar-refractivity contribution in [3.63, 3.8) is 0 Å². The lowest BCUT2D eigenvalue weighted by atomic mass is 10.1. The Morgan fingerprint density at radius 1 is 0.787 bits per heavy atom. The summed E-state index contributed by atoms with van der Waals surface area (Å²) in [4.78, 5) is 49.1. The summed E-state index contributed by atoms with van der Waals surface area (Å²) in [6, 6.07) is 0. The number of rotatable bonds is 12. The third-order valence-electron chi connectivity index (χ3n) is 7.48. The van der Waals surface area contributed by atoms with E-state index in [1.54, 1.807) is 0 Å². The third kappa shape index (κ3) is 6.46. The molecule has 2 saturated heterocycles. The van der Waals surface area contributed by atoms with Crippen molar-refractivity contribution >= 4 is 49.6 Å². The van der Waals surface area contributed by atoms with E-state index in [2.05, 4.69) is 34.4 Å². The van der Waals surface area contributed by atoms with Gasteiger partial charge in [0.05, 0.1) is 25.9 Å². The lowest BCUT2D eigenvalue weighted by Gasteiger charge is -2.31. The fraction of sp³-hybridized carbons (Fsp3) is 0.545. The molecule has 0 aliphatic carbocycles. The van der Waals surface area contributed by atoms with Crippen molar-refractivity contribution < 1.29 is 61.4 Å². The second kappa shape index (κ2) is 13.0. The lowest BCUT2D eigenvalue weighted by molar-refractivity contribution is -0.237. The van der Waals surface area contributed by atoms with Gasteiger partial charge >= 0.3 is 0 Å². The van der Waals surface area contributed by atoms with Crippen LogP contribution in [0.5, 0.6) is 0 Å². The van der Waals surface area contributed by atoms with E-state index in [9.17, 15) is 29.1 Å². The van der Waals surface area contributed by atoms with Gasteiger partial charge in [-0.15, -0.1) is 0 Å². The number of fused-ring (bicyclic) bond motifs is 2. The van der Waals surface area contributed by atoms with Crippen LogP contribution in [0.25, 0.3) is 22.3 Å². The van der Waals surface area contributed by atoms with E-state index in [4.69, 9.17) is 39.2 Å². The molecule has 2 aliphatic rings. The van der Waals surface area contributed by atoms with E-state index >= 15 is 0 Å². The first kappa shape index (κ1) is 33.6. The summed E-state index contributed by atoms with van der Waals surface area (Å²) in [5.41, 5.74) is 12.4. The molecule has 6 heterocycles. The Labute approximate surface area is 263 Å². The van der Waals surface area contributed by atoms with E-state index in [1.807, 2.05) is 0 Å². The minimum Gasteiger partial charge on any atom is -0.756 e. The van der Waals surface area contributed by atoms with Crippen molar-refractivity contribution in [2.24, 2.45) is 0 Å². The van der Waals surface area contributed by atoms with Gasteiger partial charge in [-0.2, -0.15) is 0 Å². The fourth-order valence-electron chi connectivity index (χ4n) is 5.26. The van der Waals surface area contributed by atoms with E-state index in [0.717, 1.165) is 13.4 Å². The van der Waals surface area contributed by atoms with Crippen LogP contribution in [0.15, 0.2) is 25.3 Å². The summed E-state index contributed by atoms with van der Waals surface area (Å²) in [6.45, 7) is -1.54. The van der Waals surface area contributed by atoms with E-state index in [0.29, 0.717) is 0 Å². The Morgan fingerprint density at radius 2 is 1.26 bits per heavy atom. The number of phosphoric ester groups is 2. The van der Waals surface area contributed by atoms with Crippen LogP contribution in [-0.2, 0) is 41.4 Å². The standard InChI is InChI=1S/C22H30N10O13P2/c1-39-15-9(43-21(13(15)33)31-7-29-11-17(23)25-5-27-19(11)31)3-42-47(37,38)45-16-10(4-41-46(35,36)40-2)44-22(14(16)34)32-8-30-12-18(24)26-6-28-20(12)32/h5-10,13-16,21-22,33-34H,3-4H2,1-2H3,(H,35,36)(H,37,38)(H2,23,25,27)(H2,24,26,28)/p-2/t9-,10-,13-,14-,15-,16?,21-,22-/m1/s1. The first-order chi connectivity index (χ1) is 22.3. The Bertz CT molecular complexity index is 1850. The van der Waals surface area contributed by atoms with Crippen molar-refractivity contribution in [3.05, 3.63) is 25.3 Å². The number of anilines is 2. The zero-order valence-electron chi connectivity index (χ0n) is 24.4. The number of ether oxygens (including phenoxy) is 3. The molecule has 47 heavy (non-hydrogen) atoms. The van der Waals surface area contributed by atoms with E-state index < -0.39 is 77.9 Å². The maximum Gasteiger partial charge on any atom is 0.268 e. The number of nitrogens with two attached hydrogens (primary N) is 2. The molecule has 2 aliphatic heterocycles. The summed E-state index contributed by atoms with van der Waals surface area (Å²) in [5, 5.41) is 22.1. The highest BCUT2D eigenvalue weighted by molar-refractivity contribution is 7.46. The molecule has 0 amide bonds. The number of aromatic nitrogens is 8. The maximum atomic E-state index is 13.1. The van der Waals surface area contributed by atoms with Crippen LogP contribution in [0.4, 0.5) is 11.6 Å². The Kier molecular flexibility index (Phi) is 9.28. The molecule has 0 bridgehead atoms. The molecule has 4 aromatic rings. The van der Waals surface area contributed by atoms with Crippen LogP contribution >= 0.6 is 15.6 Å². The van der Waals surface area contributed by atoms with Gasteiger partial charge in [-0.05, 0) is 0 Å². The lowest BCUT2D eigenvalue weighted by Crippen LogP contribution is -2.38. The summed E-state index contributed by atoms with van der Waals surface area (Å²) >= 11 is 0. The molecule has 25 heteroatoms. The third-order valence-corrected chi connectivity index (χ3v) is 9.36. The Morgan fingerprint density at radius 3 is 1.74 bits per heavy atom. The average Bonchev–Trinajstić information content (AvgIpc) is 3.80. The summed E-state index contributed by atoms with van der Waals surface area (Å²) < 4.78 is 63.9. The Balaban J connectivity index is 1.19. The van der Waals surface area contributed by atoms with Crippen LogP contribution in [0, 0.1) is 0 Å². The molecule has 0 radical (unpaired) electrons. The quantitative estimate of drug-likeness (QED) is 0.110. The van der Waals surface area contributed by atoms with Crippen LogP contribution in [0.1, 0.15) is 12.5 Å². The molecule has 0 saturated carbocycles. The average molecular weight is 702 g/mol. The number of methoxy groups -OCH3 is 1. The highest BCUT2D eigenvalue weighted by Crippen LogP contribution is 2.47. The second-order valence-corrected chi connectivity index (χ2v) is 13.1. The van der Waals surface area contributed by atoms with Gasteiger partial charge in [-0.3, -0.25) is 18.3 Å². The van der Waals surface area contributed by atoms with Crippen molar-refractivity contribution in [3.8, 4) is 0 Å². The molecule has 6 N–H and O–H groups in total. The SMILES string of the molecule is CO[C@H]1[C@@H](O)[C@H](n2cnc3c(N)ncnc32)O[C@@H]1COP(=O)([O-])OC1[C@@H](O)[C@H](n2cnc3c(N)ncnc32)O[C@@H]1COP(=O)([O-])OC. The Hall–Kier alpha value is -3.28. The second-order valence-electron chi connectivity index (χ2n) is 10.2.